The maximum Gasteiger partial charge on any atom is 0.280 e. The maximum atomic E-state index is 15.0. The highest BCUT2D eigenvalue weighted by Crippen LogP contribution is 2.37. The van der Waals surface area contributed by atoms with E-state index >= 15 is 8.78 Å². The molecule has 0 spiro atoms. The molecular formula is C42H46F2N10O5. The summed E-state index contributed by atoms with van der Waals surface area (Å²) in [4.78, 5) is 63.3. The second-order valence-electron chi connectivity index (χ2n) is 15.7. The van der Waals surface area contributed by atoms with Gasteiger partial charge in [-0.2, -0.15) is 10.1 Å². The number of halogens is 2. The largest absolute Gasteiger partial charge is 0.477 e. The van der Waals surface area contributed by atoms with E-state index in [2.05, 4.69) is 54.2 Å². The number of piperidine rings is 1. The van der Waals surface area contributed by atoms with Crippen LogP contribution in [0, 0.1) is 30.4 Å². The summed E-state index contributed by atoms with van der Waals surface area (Å²) in [5.74, 6) is -3.51. The van der Waals surface area contributed by atoms with E-state index in [0.29, 0.717) is 85.9 Å². The molecule has 2 bridgehead atoms. The Hall–Kier alpha value is -6.23. The number of hydrogen-bond donors (Lipinski definition) is 4. The minimum atomic E-state index is -1.07. The van der Waals surface area contributed by atoms with Gasteiger partial charge in [0.15, 0.2) is 0 Å². The van der Waals surface area contributed by atoms with Crippen molar-refractivity contribution >= 4 is 46.7 Å². The average molecular weight is 809 g/mol. The lowest BCUT2D eigenvalue weighted by molar-refractivity contribution is -0.134. The number of nitrogens with zero attached hydrogens (tertiary/aromatic N) is 6. The minimum absolute atomic E-state index is 0.0155. The number of pyridine rings is 1. The third kappa shape index (κ3) is 8.37. The molecule has 0 unspecified atom stereocenters. The van der Waals surface area contributed by atoms with Crippen molar-refractivity contribution in [3.63, 3.8) is 0 Å². The zero-order chi connectivity index (χ0) is 41.4. The molecule has 2 aromatic heterocycles. The average Bonchev–Trinajstić information content (AvgIpc) is 3.70. The van der Waals surface area contributed by atoms with Crippen molar-refractivity contribution < 1.29 is 32.7 Å². The monoisotopic (exact) mass is 808 g/mol. The maximum absolute atomic E-state index is 15.0. The molecule has 59 heavy (non-hydrogen) atoms. The van der Waals surface area contributed by atoms with E-state index in [9.17, 15) is 19.2 Å². The van der Waals surface area contributed by atoms with E-state index < -0.39 is 35.3 Å². The fourth-order valence-corrected chi connectivity index (χ4v) is 8.02. The van der Waals surface area contributed by atoms with Gasteiger partial charge in [0.2, 0.25) is 29.6 Å². The number of benzene rings is 2. The molecule has 15 nitrogen and oxygen atoms in total. The molecular weight excluding hydrogens is 763 g/mol. The Bertz CT molecular complexity index is 2340. The van der Waals surface area contributed by atoms with Crippen LogP contribution in [0.4, 0.5) is 25.8 Å². The highest BCUT2D eigenvalue weighted by molar-refractivity contribution is 6.19. The Morgan fingerprint density at radius 3 is 2.58 bits per heavy atom. The predicted octanol–water partition coefficient (Wildman–Crippen LogP) is 4.17. The third-order valence-corrected chi connectivity index (χ3v) is 11.2. The summed E-state index contributed by atoms with van der Waals surface area (Å²) in [6, 6.07) is 11.9. The molecule has 0 radical (unpaired) electrons. The van der Waals surface area contributed by atoms with Crippen molar-refractivity contribution in [2.24, 2.45) is 23.9 Å². The van der Waals surface area contributed by atoms with Gasteiger partial charge in [0.1, 0.15) is 11.6 Å². The van der Waals surface area contributed by atoms with Crippen molar-refractivity contribution in [1.82, 2.24) is 30.7 Å². The fraction of sp³-hybridized carbons (Fsp3) is 0.405. The van der Waals surface area contributed by atoms with Crippen LogP contribution in [0.5, 0.6) is 5.88 Å². The van der Waals surface area contributed by atoms with Crippen LogP contribution in [-0.2, 0) is 28.0 Å². The quantitative estimate of drug-likeness (QED) is 0.149. The van der Waals surface area contributed by atoms with Crippen LogP contribution >= 0.6 is 0 Å². The highest BCUT2D eigenvalue weighted by Gasteiger charge is 2.36. The van der Waals surface area contributed by atoms with E-state index in [0.717, 1.165) is 29.8 Å². The zero-order valence-corrected chi connectivity index (χ0v) is 33.1. The number of amides is 4. The number of aliphatic imine (C=N–C) groups is 1. The molecule has 17 heteroatoms. The van der Waals surface area contributed by atoms with Crippen molar-refractivity contribution in [2.75, 3.05) is 54.4 Å². The Morgan fingerprint density at radius 2 is 1.80 bits per heavy atom. The Morgan fingerprint density at radius 1 is 1.00 bits per heavy atom. The van der Waals surface area contributed by atoms with Gasteiger partial charge in [-0.05, 0) is 74.1 Å². The second-order valence-corrected chi connectivity index (χ2v) is 15.7. The molecule has 0 saturated carbocycles. The Labute approximate surface area is 339 Å². The lowest BCUT2D eigenvalue weighted by Crippen LogP contribution is -2.54. The van der Waals surface area contributed by atoms with Crippen molar-refractivity contribution in [3.05, 3.63) is 82.7 Å². The molecule has 2 aromatic carbocycles. The molecule has 4 amide bonds. The number of imide groups is 1. The number of anilines is 3. The van der Waals surface area contributed by atoms with E-state index in [-0.39, 0.29) is 36.1 Å². The number of ether oxygens (including phenoxy) is 1. The molecule has 0 aliphatic carbocycles. The van der Waals surface area contributed by atoms with E-state index in [4.69, 9.17) is 4.74 Å². The van der Waals surface area contributed by atoms with Gasteiger partial charge in [-0.15, -0.1) is 0 Å². The smallest absolute Gasteiger partial charge is 0.280 e. The number of carbonyl (C=O) groups is 4. The van der Waals surface area contributed by atoms with Crippen LogP contribution in [0.3, 0.4) is 0 Å². The first-order valence-electron chi connectivity index (χ1n) is 19.9. The summed E-state index contributed by atoms with van der Waals surface area (Å²) in [6.45, 7) is 7.17. The fourth-order valence-electron chi connectivity index (χ4n) is 8.02. The molecule has 4 aromatic rings. The summed E-state index contributed by atoms with van der Waals surface area (Å²) in [6.07, 6.45) is 3.46. The lowest BCUT2D eigenvalue weighted by atomic mass is 9.89. The van der Waals surface area contributed by atoms with Gasteiger partial charge in [0.25, 0.3) is 5.91 Å². The summed E-state index contributed by atoms with van der Waals surface area (Å²) >= 11 is 0. The number of aryl methyl sites for hydroxylation is 2. The number of hydrogen-bond acceptors (Lipinski definition) is 11. The van der Waals surface area contributed by atoms with Gasteiger partial charge in [-0.1, -0.05) is 13.0 Å². The molecule has 2 atom stereocenters. The minimum Gasteiger partial charge on any atom is -0.477 e. The van der Waals surface area contributed by atoms with Gasteiger partial charge in [-0.3, -0.25) is 29.5 Å². The lowest BCUT2D eigenvalue weighted by Gasteiger charge is -2.40. The van der Waals surface area contributed by atoms with Gasteiger partial charge in [-0.25, -0.2) is 13.5 Å². The van der Waals surface area contributed by atoms with Crippen LogP contribution in [0.1, 0.15) is 65.7 Å². The molecule has 2 saturated heterocycles. The van der Waals surface area contributed by atoms with Crippen LogP contribution in [0.15, 0.2) is 53.7 Å². The summed E-state index contributed by atoms with van der Waals surface area (Å²) in [7, 11) is 1.82. The number of carbonyl (C=O) groups excluding carboxylic acids is 4. The third-order valence-electron chi connectivity index (χ3n) is 11.2. The zero-order valence-electron chi connectivity index (χ0n) is 33.1. The Kier molecular flexibility index (Phi) is 11.1. The van der Waals surface area contributed by atoms with E-state index in [1.54, 1.807) is 27.9 Å². The first-order valence-corrected chi connectivity index (χ1v) is 19.9. The first-order chi connectivity index (χ1) is 28.4. The standard InChI is InChI=1S/C42H46F2N10O5/c1-23-5-4-12-59-41-30(19-47-52(41)3)34-15-26(13-24(2)48-34)39(57)51-42-49-33-8-6-25(14-35(33)54(42)20-23)18-45-10-11-46-38(56)27-21-53(22-27)28-16-31(43)37(32(44)17-28)29-7-9-36(55)50-40(29)58/h6,8,13-17,19,23,27,29,45H,4-5,7,9-12,18,20-22H2,1-3H3,(H,46,56)(H,49,51,57)(H,50,55,58)/t23-,29-/m1/s1. The van der Waals surface area contributed by atoms with E-state index in [1.807, 2.05) is 26.1 Å². The highest BCUT2D eigenvalue weighted by atomic mass is 19.1. The summed E-state index contributed by atoms with van der Waals surface area (Å²) in [5.41, 5.74) is 5.12. The molecule has 4 N–H and O–H groups in total. The van der Waals surface area contributed by atoms with Gasteiger partial charge >= 0.3 is 0 Å². The first kappa shape index (κ1) is 39.6. The number of rotatable bonds is 8. The number of guanidine groups is 1. The SMILES string of the molecule is Cc1cc2cc(n1)-c1cnn(C)c1OCCC[C@@H](C)CN1/C(=N/C2=O)Nc2ccc(CNCCNC(=O)C3CN(c4cc(F)c([C@H]5CCC(=O)NC5=O)c(F)c4)C3)cc21. The molecule has 2 fully saturated rings. The number of fused-ring (bicyclic) bond motifs is 7. The van der Waals surface area contributed by atoms with Crippen LogP contribution in [-0.4, -0.2) is 83.7 Å². The summed E-state index contributed by atoms with van der Waals surface area (Å²) < 4.78 is 37.9. The van der Waals surface area contributed by atoms with Crippen molar-refractivity contribution in [3.8, 4) is 17.1 Å². The van der Waals surface area contributed by atoms with Crippen molar-refractivity contribution in [2.45, 2.75) is 52.0 Å². The topological polar surface area (TPSA) is 175 Å². The molecule has 4 aliphatic rings. The predicted molar refractivity (Wildman–Crippen MR) is 216 cm³/mol. The van der Waals surface area contributed by atoms with Crippen LogP contribution in [0.25, 0.3) is 11.3 Å². The second kappa shape index (κ2) is 16.6. The van der Waals surface area contributed by atoms with Crippen LogP contribution in [0.2, 0.25) is 0 Å². The van der Waals surface area contributed by atoms with Crippen molar-refractivity contribution in [1.29, 1.82) is 0 Å². The molecule has 6 heterocycles. The van der Waals surface area contributed by atoms with E-state index in [1.165, 1.54) is 12.1 Å². The number of nitrogens with one attached hydrogen (secondary N) is 4. The normalized spacial score (nSPS) is 20.4. The molecule has 308 valence electrons. The van der Waals surface area contributed by atoms with Gasteiger partial charge < -0.3 is 30.5 Å². The Balaban J connectivity index is 0.858. The van der Waals surface area contributed by atoms with Gasteiger partial charge in [0, 0.05) is 75.2 Å². The van der Waals surface area contributed by atoms with Gasteiger partial charge in [0.05, 0.1) is 47.3 Å². The molecule has 4 aliphatic heterocycles. The summed E-state index contributed by atoms with van der Waals surface area (Å²) in [5, 5.41) is 16.2. The van der Waals surface area contributed by atoms with Crippen LogP contribution < -0.4 is 35.8 Å². The number of aromatic nitrogens is 3. The molecule has 8 rings (SSSR count).